The van der Waals surface area contributed by atoms with Gasteiger partial charge in [-0.25, -0.2) is 9.59 Å². The molecule has 2 atom stereocenters. The van der Waals surface area contributed by atoms with Crippen LogP contribution in [0.4, 0.5) is 0 Å². The molecule has 0 saturated heterocycles. The van der Waals surface area contributed by atoms with Crippen molar-refractivity contribution in [1.29, 1.82) is 0 Å². The number of carbonyl (C=O) groups excluding carboxylic acids is 3. The van der Waals surface area contributed by atoms with Gasteiger partial charge in [-0.15, -0.1) is 0 Å². The number of esters is 3. The second kappa shape index (κ2) is 17.8. The highest BCUT2D eigenvalue weighted by Gasteiger charge is 2.21. The molecule has 37 heavy (non-hydrogen) atoms. The van der Waals surface area contributed by atoms with Gasteiger partial charge >= 0.3 is 23.9 Å². The molecule has 0 aliphatic heterocycles. The number of carboxylic acids is 1. The number of carbonyl (C=O) groups is 4. The Kier molecular flexibility index (Phi) is 17.5. The Balaban J connectivity index is 0. The zero-order valence-corrected chi connectivity index (χ0v) is 24.8. The largest absolute Gasteiger partial charge is 0.478 e. The molecule has 214 valence electrons. The third-order valence-electron chi connectivity index (χ3n) is 4.46. The Morgan fingerprint density at radius 1 is 0.703 bits per heavy atom. The van der Waals surface area contributed by atoms with Gasteiger partial charge in [0.05, 0.1) is 20.0 Å². The molecule has 0 aliphatic carbocycles. The van der Waals surface area contributed by atoms with Gasteiger partial charge in [-0.1, -0.05) is 39.8 Å². The molecule has 0 radical (unpaired) electrons. The normalized spacial score (nSPS) is 13.8. The molecule has 8 nitrogen and oxygen atoms in total. The van der Waals surface area contributed by atoms with Crippen LogP contribution in [0.25, 0.3) is 0 Å². The zero-order chi connectivity index (χ0) is 29.4. The van der Waals surface area contributed by atoms with Gasteiger partial charge < -0.3 is 19.3 Å². The average molecular weight is 527 g/mol. The molecule has 0 unspecified atom stereocenters. The van der Waals surface area contributed by atoms with Gasteiger partial charge in [0.1, 0.15) is 11.2 Å². The molecule has 0 fully saturated rings. The summed E-state index contributed by atoms with van der Waals surface area (Å²) >= 11 is 0. The van der Waals surface area contributed by atoms with E-state index >= 15 is 0 Å². The van der Waals surface area contributed by atoms with Crippen LogP contribution in [0.2, 0.25) is 0 Å². The summed E-state index contributed by atoms with van der Waals surface area (Å²) in [6, 6.07) is 0. The van der Waals surface area contributed by atoms with Gasteiger partial charge in [-0.2, -0.15) is 0 Å². The van der Waals surface area contributed by atoms with Crippen molar-refractivity contribution < 1.29 is 38.5 Å². The Bertz CT molecular complexity index is 764. The standard InChI is InChI=1S/C15H26O4.C14H24O4/c1-11(2)9-12(7-8-13(16)18-6)10-14(17)19-15(3,4)5;1-10(2)8-11(6-7-12(15)16)9-13(17)18-14(3,4)5/h7-8,11-12H,9-10H2,1-6H3;6-7,10-11H,8-9H2,1-5H3,(H,15,16)/b8-7+;7-6+/t12-;11-/m11/s1. The van der Waals surface area contributed by atoms with E-state index in [1.165, 1.54) is 13.2 Å². The van der Waals surface area contributed by atoms with Gasteiger partial charge in [-0.3, -0.25) is 9.59 Å². The Morgan fingerprint density at radius 2 is 1.05 bits per heavy atom. The SMILES string of the molecule is CC(C)C[C@@H](/C=C/C(=O)O)CC(=O)OC(C)(C)C.COC(=O)/C=C/[C@@H](CC(=O)OC(C)(C)C)CC(C)C. The lowest BCUT2D eigenvalue weighted by atomic mass is 9.93. The lowest BCUT2D eigenvalue weighted by Gasteiger charge is -2.21. The van der Waals surface area contributed by atoms with E-state index in [0.717, 1.165) is 18.9 Å². The number of hydrogen-bond donors (Lipinski definition) is 1. The van der Waals surface area contributed by atoms with Gasteiger partial charge in [0, 0.05) is 12.2 Å². The van der Waals surface area contributed by atoms with Crippen LogP contribution in [-0.4, -0.2) is 47.3 Å². The highest BCUT2D eigenvalue weighted by atomic mass is 16.6. The first-order valence-electron chi connectivity index (χ1n) is 12.8. The van der Waals surface area contributed by atoms with Crippen molar-refractivity contribution in [2.75, 3.05) is 7.11 Å². The van der Waals surface area contributed by atoms with Gasteiger partial charge in [-0.05, 0) is 78.1 Å². The van der Waals surface area contributed by atoms with E-state index in [9.17, 15) is 19.2 Å². The van der Waals surface area contributed by atoms with Crippen LogP contribution in [0.15, 0.2) is 24.3 Å². The zero-order valence-electron chi connectivity index (χ0n) is 24.8. The van der Waals surface area contributed by atoms with E-state index in [-0.39, 0.29) is 36.6 Å². The second-order valence-electron chi connectivity index (χ2n) is 11.9. The minimum atomic E-state index is -0.993. The second-order valence-corrected chi connectivity index (χ2v) is 11.9. The molecule has 0 saturated carbocycles. The summed E-state index contributed by atoms with van der Waals surface area (Å²) in [6.45, 7) is 19.2. The van der Waals surface area contributed by atoms with Crippen LogP contribution < -0.4 is 0 Å². The van der Waals surface area contributed by atoms with Crippen LogP contribution in [0.5, 0.6) is 0 Å². The van der Waals surface area contributed by atoms with E-state index in [4.69, 9.17) is 14.6 Å². The maximum absolute atomic E-state index is 11.8. The molecular formula is C29H50O8. The molecule has 0 spiro atoms. The molecule has 8 heteroatoms. The molecule has 0 aliphatic rings. The fourth-order valence-corrected chi connectivity index (χ4v) is 3.37. The number of ether oxygens (including phenoxy) is 3. The molecule has 0 heterocycles. The smallest absolute Gasteiger partial charge is 0.330 e. The van der Waals surface area contributed by atoms with Crippen molar-refractivity contribution >= 4 is 23.9 Å². The molecular weight excluding hydrogens is 476 g/mol. The van der Waals surface area contributed by atoms with Gasteiger partial charge in [0.2, 0.25) is 0 Å². The number of rotatable bonds is 12. The van der Waals surface area contributed by atoms with E-state index in [2.05, 4.69) is 18.6 Å². The Hall–Kier alpha value is -2.64. The number of methoxy groups -OCH3 is 1. The molecule has 0 aromatic rings. The van der Waals surface area contributed by atoms with E-state index < -0.39 is 23.1 Å². The quantitative estimate of drug-likeness (QED) is 0.183. The molecule has 0 amide bonds. The van der Waals surface area contributed by atoms with Gasteiger partial charge in [0.15, 0.2) is 0 Å². The van der Waals surface area contributed by atoms with Crippen molar-refractivity contribution in [2.24, 2.45) is 23.7 Å². The lowest BCUT2D eigenvalue weighted by Crippen LogP contribution is -2.25. The molecule has 0 bridgehead atoms. The third kappa shape index (κ3) is 26.2. The molecule has 1 N–H and O–H groups in total. The minimum Gasteiger partial charge on any atom is -0.478 e. The Labute approximate surface area is 223 Å². The molecule has 0 aromatic heterocycles. The lowest BCUT2D eigenvalue weighted by molar-refractivity contribution is -0.156. The van der Waals surface area contributed by atoms with E-state index in [1.54, 1.807) is 12.2 Å². The number of carboxylic acid groups (broad SMARTS) is 1. The van der Waals surface area contributed by atoms with Crippen LogP contribution in [0, 0.1) is 23.7 Å². The fraction of sp³-hybridized carbons (Fsp3) is 0.724. The maximum atomic E-state index is 11.8. The monoisotopic (exact) mass is 526 g/mol. The van der Waals surface area contributed by atoms with Crippen molar-refractivity contribution in [1.82, 2.24) is 0 Å². The summed E-state index contributed by atoms with van der Waals surface area (Å²) in [5.41, 5.74) is -0.985. The molecule has 0 aromatic carbocycles. The van der Waals surface area contributed by atoms with Crippen LogP contribution in [-0.2, 0) is 33.4 Å². The maximum Gasteiger partial charge on any atom is 0.330 e. The summed E-state index contributed by atoms with van der Waals surface area (Å²) in [6.07, 6.45) is 7.87. The Morgan fingerprint density at radius 3 is 1.32 bits per heavy atom. The summed E-state index contributed by atoms with van der Waals surface area (Å²) in [5, 5.41) is 8.61. The first kappa shape index (κ1) is 36.5. The minimum absolute atomic E-state index is 0.00560. The predicted molar refractivity (Wildman–Crippen MR) is 145 cm³/mol. The van der Waals surface area contributed by atoms with E-state index in [1.807, 2.05) is 55.4 Å². The topological polar surface area (TPSA) is 116 Å². The number of allylic oxidation sites excluding steroid dienone is 2. The average Bonchev–Trinajstić information content (AvgIpc) is 2.66. The predicted octanol–water partition coefficient (Wildman–Crippen LogP) is 6.13. The summed E-state index contributed by atoms with van der Waals surface area (Å²) in [5.74, 6) is -1.18. The van der Waals surface area contributed by atoms with Crippen molar-refractivity contribution in [2.45, 2.75) is 106 Å². The first-order chi connectivity index (χ1) is 16.7. The number of aliphatic carboxylic acids is 1. The van der Waals surface area contributed by atoms with Crippen LogP contribution in [0.1, 0.15) is 94.9 Å². The van der Waals surface area contributed by atoms with Crippen molar-refractivity contribution in [3.8, 4) is 0 Å². The first-order valence-corrected chi connectivity index (χ1v) is 12.8. The molecule has 0 rings (SSSR count). The summed E-state index contributed by atoms with van der Waals surface area (Å²) in [4.78, 5) is 45.1. The van der Waals surface area contributed by atoms with Crippen molar-refractivity contribution in [3.05, 3.63) is 24.3 Å². The summed E-state index contributed by atoms with van der Waals surface area (Å²) in [7, 11) is 1.33. The van der Waals surface area contributed by atoms with Crippen LogP contribution in [0.3, 0.4) is 0 Å². The third-order valence-corrected chi connectivity index (χ3v) is 4.46. The highest BCUT2D eigenvalue weighted by molar-refractivity contribution is 5.82. The van der Waals surface area contributed by atoms with Gasteiger partial charge in [0.25, 0.3) is 0 Å². The van der Waals surface area contributed by atoms with E-state index in [0.29, 0.717) is 11.8 Å². The summed E-state index contributed by atoms with van der Waals surface area (Å²) < 4.78 is 15.1. The fourth-order valence-electron chi connectivity index (χ4n) is 3.37. The van der Waals surface area contributed by atoms with Crippen molar-refractivity contribution in [3.63, 3.8) is 0 Å². The van der Waals surface area contributed by atoms with Crippen LogP contribution >= 0.6 is 0 Å². The number of hydrogen-bond acceptors (Lipinski definition) is 7. The highest BCUT2D eigenvalue weighted by Crippen LogP contribution is 2.21.